The maximum Gasteiger partial charge on any atom is 0.227 e. The minimum absolute atomic E-state index is 0.0726. The summed E-state index contributed by atoms with van der Waals surface area (Å²) in [7, 11) is 0. The van der Waals surface area contributed by atoms with Crippen LogP contribution >= 0.6 is 0 Å². The van der Waals surface area contributed by atoms with E-state index in [0.717, 1.165) is 27.8 Å². The Labute approximate surface area is 331 Å². The summed E-state index contributed by atoms with van der Waals surface area (Å²) in [6.07, 6.45) is 1.56. The predicted octanol–water partition coefficient (Wildman–Crippen LogP) is 5.69. The molecule has 2 aliphatic heterocycles. The van der Waals surface area contributed by atoms with Gasteiger partial charge in [0, 0.05) is 60.5 Å². The Balaban J connectivity index is 0.897. The standard InChI is InChI=1S/C45H47N5O7/c1-28-5-3-7-30(17-28)19-43(55)49-26-38(51)21-36(49)23-41(53)47-34-13-9-32(10-14-34)40-25-46-45(57-40)33-11-15-35(16-12-33)48-42(54)24-37-22-39(52)27-50(37)44(56)20-31-8-4-6-29(2)18-31/h3-18,25,36-39,51-52H,19-24,26-27H2,1-2H3,(H,47,53)(H,48,54)/t36-,37-,38+,39+/m0/s1. The summed E-state index contributed by atoms with van der Waals surface area (Å²) >= 11 is 0. The maximum atomic E-state index is 13.1. The molecule has 5 aromatic rings. The van der Waals surface area contributed by atoms with Crippen LogP contribution in [0.4, 0.5) is 11.4 Å². The van der Waals surface area contributed by atoms with Crippen molar-refractivity contribution in [3.63, 3.8) is 0 Å². The number of benzene rings is 4. The fourth-order valence-electron chi connectivity index (χ4n) is 7.79. The third-order valence-corrected chi connectivity index (χ3v) is 10.5. The lowest BCUT2D eigenvalue weighted by Crippen LogP contribution is -2.39. The van der Waals surface area contributed by atoms with Gasteiger partial charge in [0.1, 0.15) is 0 Å². The Morgan fingerprint density at radius 3 is 1.58 bits per heavy atom. The zero-order chi connectivity index (χ0) is 40.1. The van der Waals surface area contributed by atoms with Crippen molar-refractivity contribution in [2.75, 3.05) is 23.7 Å². The summed E-state index contributed by atoms with van der Waals surface area (Å²) in [4.78, 5) is 60.0. The molecule has 294 valence electrons. The molecule has 2 fully saturated rings. The van der Waals surface area contributed by atoms with Crippen molar-refractivity contribution >= 4 is 35.0 Å². The SMILES string of the molecule is Cc1cccc(CC(=O)N2C[C@H](O)C[C@H]2CC(=O)Nc2ccc(-c3cnc(-c4ccc(NC(=O)C[C@@H]5C[C@@H](O)CN5C(=O)Cc5cccc(C)c5)cc4)o3)cc2)c1. The molecule has 0 saturated carbocycles. The third-order valence-electron chi connectivity index (χ3n) is 10.5. The first-order valence-electron chi connectivity index (χ1n) is 19.3. The summed E-state index contributed by atoms with van der Waals surface area (Å²) in [5.41, 5.74) is 6.57. The number of aliphatic hydroxyl groups is 2. The van der Waals surface area contributed by atoms with Crippen LogP contribution in [0.15, 0.2) is 108 Å². The van der Waals surface area contributed by atoms with Crippen LogP contribution in [0.3, 0.4) is 0 Å². The van der Waals surface area contributed by atoms with Crippen molar-refractivity contribution in [1.82, 2.24) is 14.8 Å². The minimum Gasteiger partial charge on any atom is -0.436 e. The number of carbonyl (C=O) groups is 4. The summed E-state index contributed by atoms with van der Waals surface area (Å²) in [5, 5.41) is 26.5. The van der Waals surface area contributed by atoms with Crippen LogP contribution in [-0.4, -0.2) is 86.0 Å². The van der Waals surface area contributed by atoms with Gasteiger partial charge in [-0.3, -0.25) is 19.2 Å². The molecule has 0 radical (unpaired) electrons. The van der Waals surface area contributed by atoms with E-state index in [-0.39, 0.29) is 68.4 Å². The van der Waals surface area contributed by atoms with Gasteiger partial charge in [-0.1, -0.05) is 59.7 Å². The van der Waals surface area contributed by atoms with E-state index < -0.39 is 18.2 Å². The van der Waals surface area contributed by atoms with Crippen molar-refractivity contribution in [1.29, 1.82) is 0 Å². The number of anilines is 2. The second-order valence-electron chi connectivity index (χ2n) is 15.2. The largest absolute Gasteiger partial charge is 0.436 e. The molecule has 7 rings (SSSR count). The maximum absolute atomic E-state index is 13.1. The van der Waals surface area contributed by atoms with Gasteiger partial charge >= 0.3 is 0 Å². The van der Waals surface area contributed by atoms with Gasteiger partial charge in [-0.2, -0.15) is 0 Å². The summed E-state index contributed by atoms with van der Waals surface area (Å²) in [6, 6.07) is 29.0. The number of amides is 4. The molecular weight excluding hydrogens is 723 g/mol. The van der Waals surface area contributed by atoms with Gasteiger partial charge in [-0.25, -0.2) is 4.98 Å². The number of β-amino-alcohol motifs (C(OH)–C–C–N with tert-alkyl or cyclic N) is 2. The number of likely N-dealkylation sites (tertiary alicyclic amines) is 2. The van der Waals surface area contributed by atoms with E-state index in [0.29, 0.717) is 41.4 Å². The van der Waals surface area contributed by atoms with E-state index in [1.54, 1.807) is 52.4 Å². The van der Waals surface area contributed by atoms with Crippen LogP contribution in [0, 0.1) is 13.8 Å². The van der Waals surface area contributed by atoms with Crippen LogP contribution in [0.25, 0.3) is 22.8 Å². The highest BCUT2D eigenvalue weighted by Crippen LogP contribution is 2.29. The van der Waals surface area contributed by atoms with Gasteiger partial charge in [0.2, 0.25) is 29.5 Å². The molecule has 1 aromatic heterocycles. The average molecular weight is 770 g/mol. The molecule has 4 amide bonds. The van der Waals surface area contributed by atoms with Crippen LogP contribution in [-0.2, 0) is 32.0 Å². The van der Waals surface area contributed by atoms with Crippen molar-refractivity contribution in [3.05, 3.63) is 126 Å². The molecule has 0 bridgehead atoms. The first kappa shape index (κ1) is 39.1. The number of oxazole rings is 1. The van der Waals surface area contributed by atoms with Crippen molar-refractivity contribution < 1.29 is 33.8 Å². The van der Waals surface area contributed by atoms with Gasteiger partial charge in [0.05, 0.1) is 31.2 Å². The molecule has 57 heavy (non-hydrogen) atoms. The number of aromatic nitrogens is 1. The predicted molar refractivity (Wildman–Crippen MR) is 216 cm³/mol. The molecule has 4 N–H and O–H groups in total. The number of aryl methyl sites for hydroxylation is 2. The van der Waals surface area contributed by atoms with Crippen molar-refractivity contribution in [3.8, 4) is 22.8 Å². The molecular formula is C45H47N5O7. The quantitative estimate of drug-likeness (QED) is 0.126. The lowest BCUT2D eigenvalue weighted by atomic mass is 10.1. The highest BCUT2D eigenvalue weighted by Gasteiger charge is 2.36. The van der Waals surface area contributed by atoms with Crippen LogP contribution in [0.5, 0.6) is 0 Å². The van der Waals surface area contributed by atoms with E-state index in [4.69, 9.17) is 4.42 Å². The topological polar surface area (TPSA) is 165 Å². The normalized spacial score (nSPS) is 19.1. The second-order valence-corrected chi connectivity index (χ2v) is 15.2. The highest BCUT2D eigenvalue weighted by atomic mass is 16.4. The number of hydrogen-bond acceptors (Lipinski definition) is 8. The number of nitrogens with one attached hydrogen (secondary N) is 2. The first-order valence-corrected chi connectivity index (χ1v) is 19.3. The van der Waals surface area contributed by atoms with Crippen LogP contribution in [0.2, 0.25) is 0 Å². The average Bonchev–Trinajstić information content (AvgIpc) is 3.90. The fourth-order valence-corrected chi connectivity index (χ4v) is 7.79. The van der Waals surface area contributed by atoms with E-state index in [1.807, 2.05) is 74.5 Å². The van der Waals surface area contributed by atoms with Crippen LogP contribution < -0.4 is 10.6 Å². The van der Waals surface area contributed by atoms with Gasteiger partial charge in [0.25, 0.3) is 0 Å². The molecule has 3 heterocycles. The second kappa shape index (κ2) is 17.4. The Hall–Kier alpha value is -6.11. The van der Waals surface area contributed by atoms with Gasteiger partial charge in [-0.05, 0) is 86.3 Å². The smallest absolute Gasteiger partial charge is 0.227 e. The number of carbonyl (C=O) groups excluding carboxylic acids is 4. The molecule has 12 nitrogen and oxygen atoms in total. The molecule has 4 aromatic carbocycles. The number of aliphatic hydroxyl groups excluding tert-OH is 2. The fraction of sp³-hybridized carbons (Fsp3) is 0.311. The first-order chi connectivity index (χ1) is 27.4. The van der Waals surface area contributed by atoms with Crippen molar-refractivity contribution in [2.24, 2.45) is 0 Å². The lowest BCUT2D eigenvalue weighted by molar-refractivity contribution is -0.133. The zero-order valence-electron chi connectivity index (χ0n) is 32.1. The summed E-state index contributed by atoms with van der Waals surface area (Å²) in [5.74, 6) is 0.200. The van der Waals surface area contributed by atoms with Gasteiger partial charge in [0.15, 0.2) is 5.76 Å². The number of hydrogen-bond donors (Lipinski definition) is 4. The molecule has 2 aliphatic rings. The Bertz CT molecular complexity index is 2080. The van der Waals surface area contributed by atoms with Gasteiger partial charge in [-0.15, -0.1) is 0 Å². The molecule has 12 heteroatoms. The minimum atomic E-state index is -0.669. The van der Waals surface area contributed by atoms with E-state index in [2.05, 4.69) is 15.6 Å². The number of rotatable bonds is 12. The summed E-state index contributed by atoms with van der Waals surface area (Å²) in [6.45, 7) is 4.37. The number of nitrogens with zero attached hydrogens (tertiary/aromatic N) is 3. The van der Waals surface area contributed by atoms with E-state index in [9.17, 15) is 29.4 Å². The highest BCUT2D eigenvalue weighted by molar-refractivity contribution is 5.93. The molecule has 0 unspecified atom stereocenters. The molecule has 0 aliphatic carbocycles. The van der Waals surface area contributed by atoms with Gasteiger partial charge < -0.3 is 35.1 Å². The van der Waals surface area contributed by atoms with E-state index in [1.165, 1.54) is 0 Å². The van der Waals surface area contributed by atoms with E-state index >= 15 is 0 Å². The zero-order valence-corrected chi connectivity index (χ0v) is 32.1. The lowest BCUT2D eigenvalue weighted by Gasteiger charge is -2.24. The van der Waals surface area contributed by atoms with Crippen LogP contribution in [0.1, 0.15) is 47.9 Å². The van der Waals surface area contributed by atoms with Crippen molar-refractivity contribution in [2.45, 2.75) is 76.7 Å². The summed E-state index contributed by atoms with van der Waals surface area (Å²) < 4.78 is 6.05. The Morgan fingerprint density at radius 2 is 1.12 bits per heavy atom. The Kier molecular flexibility index (Phi) is 11.9. The Morgan fingerprint density at radius 1 is 0.667 bits per heavy atom. The monoisotopic (exact) mass is 769 g/mol. The molecule has 2 saturated heterocycles. The molecule has 0 spiro atoms. The third kappa shape index (κ3) is 10.0. The molecule has 4 atom stereocenters.